The van der Waals surface area contributed by atoms with Gasteiger partial charge in [-0.15, -0.1) is 6.58 Å². The number of ether oxygens (including phenoxy) is 1. The molecule has 0 amide bonds. The van der Waals surface area contributed by atoms with E-state index in [-0.39, 0.29) is 0 Å². The Kier molecular flexibility index (Phi) is 6.87. The maximum Gasteiger partial charge on any atom is 0.243 e. The Morgan fingerprint density at radius 2 is 2.14 bits per heavy atom. The molecule has 0 unspecified atom stereocenters. The van der Waals surface area contributed by atoms with Crippen molar-refractivity contribution >= 4 is 10.0 Å². The summed E-state index contributed by atoms with van der Waals surface area (Å²) in [6, 6.07) is 4.98. The Morgan fingerprint density at radius 3 is 2.67 bits per heavy atom. The van der Waals surface area contributed by atoms with Crippen LogP contribution in [0.3, 0.4) is 0 Å². The van der Waals surface area contributed by atoms with Crippen molar-refractivity contribution in [3.05, 3.63) is 36.4 Å². The number of hydrogen-bond donors (Lipinski definition) is 1. The van der Waals surface area contributed by atoms with E-state index in [1.807, 2.05) is 6.92 Å². The Balaban J connectivity index is 3.30. The van der Waals surface area contributed by atoms with Crippen LogP contribution < -0.4 is 10.5 Å². The standard InChI is InChI=1S/C15H24N2O3S/c1-4-10-17(11-5-2)21(18,19)15-7-6-14(20-3)12-13(15)8-9-16/h4,6-7,12H,1,5,8-11,16H2,2-3H3. The molecule has 1 rings (SSSR count). The summed E-state index contributed by atoms with van der Waals surface area (Å²) >= 11 is 0. The van der Waals surface area contributed by atoms with E-state index in [1.165, 1.54) is 4.31 Å². The molecule has 0 saturated carbocycles. The Bertz CT molecular complexity index is 570. The summed E-state index contributed by atoms with van der Waals surface area (Å²) in [4.78, 5) is 0.295. The summed E-state index contributed by atoms with van der Waals surface area (Å²) < 4.78 is 32.2. The number of hydrogen-bond acceptors (Lipinski definition) is 4. The van der Waals surface area contributed by atoms with Gasteiger partial charge in [-0.05, 0) is 43.1 Å². The van der Waals surface area contributed by atoms with Crippen molar-refractivity contribution < 1.29 is 13.2 Å². The highest BCUT2D eigenvalue weighted by molar-refractivity contribution is 7.89. The second-order valence-corrected chi connectivity index (χ2v) is 6.57. The Labute approximate surface area is 127 Å². The van der Waals surface area contributed by atoms with Crippen LogP contribution >= 0.6 is 0 Å². The van der Waals surface area contributed by atoms with Crippen LogP contribution in [0.5, 0.6) is 5.75 Å². The molecule has 5 nitrogen and oxygen atoms in total. The van der Waals surface area contributed by atoms with Gasteiger partial charge in [-0.25, -0.2) is 8.42 Å². The molecule has 21 heavy (non-hydrogen) atoms. The zero-order valence-corrected chi connectivity index (χ0v) is 13.5. The monoisotopic (exact) mass is 312 g/mol. The molecule has 0 heterocycles. The minimum absolute atomic E-state index is 0.295. The molecule has 0 radical (unpaired) electrons. The van der Waals surface area contributed by atoms with Gasteiger partial charge in [0.2, 0.25) is 10.0 Å². The average molecular weight is 312 g/mol. The third-order valence-corrected chi connectivity index (χ3v) is 5.07. The molecule has 6 heteroatoms. The first-order valence-electron chi connectivity index (χ1n) is 6.99. The maximum absolute atomic E-state index is 12.8. The zero-order valence-electron chi connectivity index (χ0n) is 12.7. The molecule has 0 atom stereocenters. The molecule has 118 valence electrons. The largest absolute Gasteiger partial charge is 0.497 e. The van der Waals surface area contributed by atoms with Crippen molar-refractivity contribution in [3.63, 3.8) is 0 Å². The molecule has 0 spiro atoms. The van der Waals surface area contributed by atoms with Crippen LogP contribution in [-0.4, -0.2) is 39.5 Å². The summed E-state index contributed by atoms with van der Waals surface area (Å²) in [5.41, 5.74) is 6.27. The average Bonchev–Trinajstić information content (AvgIpc) is 2.47. The zero-order chi connectivity index (χ0) is 15.9. The number of nitrogens with zero attached hydrogens (tertiary/aromatic N) is 1. The maximum atomic E-state index is 12.8. The first kappa shape index (κ1) is 17.7. The summed E-state index contributed by atoms with van der Waals surface area (Å²) in [7, 11) is -2.00. The van der Waals surface area contributed by atoms with Crippen LogP contribution in [0, 0.1) is 0 Å². The van der Waals surface area contributed by atoms with Gasteiger partial charge in [-0.3, -0.25) is 0 Å². The fraction of sp³-hybridized carbons (Fsp3) is 0.467. The van der Waals surface area contributed by atoms with E-state index in [2.05, 4.69) is 6.58 Å². The van der Waals surface area contributed by atoms with E-state index in [4.69, 9.17) is 10.5 Å². The van der Waals surface area contributed by atoms with Crippen LogP contribution in [0.25, 0.3) is 0 Å². The first-order chi connectivity index (χ1) is 10.0. The lowest BCUT2D eigenvalue weighted by Gasteiger charge is -2.22. The van der Waals surface area contributed by atoms with Gasteiger partial charge < -0.3 is 10.5 Å². The second kappa shape index (κ2) is 8.17. The van der Waals surface area contributed by atoms with Crippen LogP contribution in [0.1, 0.15) is 18.9 Å². The van der Waals surface area contributed by atoms with E-state index in [9.17, 15) is 8.42 Å². The predicted molar refractivity (Wildman–Crippen MR) is 85.0 cm³/mol. The Hall–Kier alpha value is -1.37. The van der Waals surface area contributed by atoms with E-state index in [0.29, 0.717) is 42.3 Å². The van der Waals surface area contributed by atoms with Gasteiger partial charge in [0.25, 0.3) is 0 Å². The highest BCUT2D eigenvalue weighted by atomic mass is 32.2. The molecular weight excluding hydrogens is 288 g/mol. The fourth-order valence-electron chi connectivity index (χ4n) is 2.13. The van der Waals surface area contributed by atoms with Crippen LogP contribution in [0.4, 0.5) is 0 Å². The summed E-state index contributed by atoms with van der Waals surface area (Å²) in [5, 5.41) is 0. The quantitative estimate of drug-likeness (QED) is 0.706. The van der Waals surface area contributed by atoms with Gasteiger partial charge in [0.15, 0.2) is 0 Å². The molecule has 1 aromatic rings. The van der Waals surface area contributed by atoms with E-state index in [0.717, 1.165) is 6.42 Å². The van der Waals surface area contributed by atoms with Crippen molar-refractivity contribution in [3.8, 4) is 5.75 Å². The van der Waals surface area contributed by atoms with Crippen LogP contribution in [-0.2, 0) is 16.4 Å². The van der Waals surface area contributed by atoms with E-state index < -0.39 is 10.0 Å². The third kappa shape index (κ3) is 4.30. The van der Waals surface area contributed by atoms with Gasteiger partial charge >= 0.3 is 0 Å². The van der Waals surface area contributed by atoms with Crippen LogP contribution in [0.2, 0.25) is 0 Å². The first-order valence-corrected chi connectivity index (χ1v) is 8.43. The number of benzene rings is 1. The van der Waals surface area contributed by atoms with E-state index >= 15 is 0 Å². The lowest BCUT2D eigenvalue weighted by atomic mass is 10.1. The van der Waals surface area contributed by atoms with Crippen molar-refractivity contribution in [2.75, 3.05) is 26.7 Å². The highest BCUT2D eigenvalue weighted by Gasteiger charge is 2.25. The lowest BCUT2D eigenvalue weighted by molar-refractivity contribution is 0.413. The number of rotatable bonds is 9. The molecule has 0 aliphatic heterocycles. The van der Waals surface area contributed by atoms with Crippen molar-refractivity contribution in [2.45, 2.75) is 24.7 Å². The smallest absolute Gasteiger partial charge is 0.243 e. The predicted octanol–water partition coefficient (Wildman–Crippen LogP) is 1.78. The number of sulfonamides is 1. The molecule has 0 bridgehead atoms. The summed E-state index contributed by atoms with van der Waals surface area (Å²) in [6.07, 6.45) is 2.83. The third-order valence-electron chi connectivity index (χ3n) is 3.10. The SMILES string of the molecule is C=CCN(CCC)S(=O)(=O)c1ccc(OC)cc1CCN. The van der Waals surface area contributed by atoms with Gasteiger partial charge in [-0.1, -0.05) is 13.0 Å². The lowest BCUT2D eigenvalue weighted by Crippen LogP contribution is -2.32. The number of methoxy groups -OCH3 is 1. The normalized spacial score (nSPS) is 11.6. The molecule has 0 aliphatic rings. The molecule has 0 aromatic heterocycles. The molecule has 1 aromatic carbocycles. The minimum atomic E-state index is -3.55. The van der Waals surface area contributed by atoms with Crippen LogP contribution in [0.15, 0.2) is 35.7 Å². The van der Waals surface area contributed by atoms with Gasteiger partial charge in [0, 0.05) is 13.1 Å². The molecule has 2 N–H and O–H groups in total. The van der Waals surface area contributed by atoms with Crippen molar-refractivity contribution in [1.29, 1.82) is 0 Å². The molecule has 0 fully saturated rings. The fourth-order valence-corrected chi connectivity index (χ4v) is 3.86. The van der Waals surface area contributed by atoms with Gasteiger partial charge in [0.05, 0.1) is 12.0 Å². The van der Waals surface area contributed by atoms with E-state index in [1.54, 1.807) is 31.4 Å². The van der Waals surface area contributed by atoms with Crippen molar-refractivity contribution in [2.24, 2.45) is 5.73 Å². The van der Waals surface area contributed by atoms with Gasteiger partial charge in [-0.2, -0.15) is 4.31 Å². The number of nitrogens with two attached hydrogens (primary N) is 1. The van der Waals surface area contributed by atoms with Gasteiger partial charge in [0.1, 0.15) is 5.75 Å². The topological polar surface area (TPSA) is 72.6 Å². The molecular formula is C15H24N2O3S. The molecule has 0 aliphatic carbocycles. The summed E-state index contributed by atoms with van der Waals surface area (Å²) in [5.74, 6) is 0.628. The second-order valence-electron chi connectivity index (χ2n) is 4.66. The van der Waals surface area contributed by atoms with Crippen molar-refractivity contribution in [1.82, 2.24) is 4.31 Å². The highest BCUT2D eigenvalue weighted by Crippen LogP contribution is 2.25. The molecule has 0 saturated heterocycles. The minimum Gasteiger partial charge on any atom is -0.497 e. The Morgan fingerprint density at radius 1 is 1.43 bits per heavy atom. The summed E-state index contributed by atoms with van der Waals surface area (Å²) in [6.45, 7) is 6.71.